The van der Waals surface area contributed by atoms with Gasteiger partial charge >= 0.3 is 11.8 Å². The van der Waals surface area contributed by atoms with Crippen molar-refractivity contribution >= 4 is 23.4 Å². The highest BCUT2D eigenvalue weighted by atomic mass is 35.5. The smallest absolute Gasteiger partial charge is 0.309 e. The highest BCUT2D eigenvalue weighted by Gasteiger charge is 2.18. The van der Waals surface area contributed by atoms with Crippen LogP contribution in [-0.4, -0.2) is 11.8 Å². The third-order valence-electron chi connectivity index (χ3n) is 4.79. The van der Waals surface area contributed by atoms with Gasteiger partial charge in [-0.2, -0.15) is 0 Å². The van der Waals surface area contributed by atoms with Gasteiger partial charge in [0, 0.05) is 11.6 Å². The van der Waals surface area contributed by atoms with Crippen molar-refractivity contribution in [3.05, 3.63) is 69.7 Å². The number of benzene rings is 2. The molecule has 2 amide bonds. The molecule has 0 saturated heterocycles. The van der Waals surface area contributed by atoms with Gasteiger partial charge in [-0.3, -0.25) is 9.59 Å². The SMILES string of the molecule is CC(NC(=O)C(=O)NCc1ccc(Cl)cc1)c1ccc2c(c1)CCCC2. The molecule has 0 heterocycles. The number of hydrogen-bond donors (Lipinski definition) is 2. The maximum Gasteiger partial charge on any atom is 0.309 e. The predicted molar refractivity (Wildman–Crippen MR) is 103 cm³/mol. The molecule has 1 aliphatic rings. The van der Waals surface area contributed by atoms with Crippen molar-refractivity contribution in [2.45, 2.75) is 45.2 Å². The molecule has 1 unspecified atom stereocenters. The minimum Gasteiger partial charge on any atom is -0.344 e. The molecule has 0 saturated carbocycles. The maximum absolute atomic E-state index is 12.1. The Bertz CT molecular complexity index is 802. The van der Waals surface area contributed by atoms with Crippen LogP contribution >= 0.6 is 11.6 Å². The zero-order valence-corrected chi connectivity index (χ0v) is 15.6. The Labute approximate surface area is 158 Å². The van der Waals surface area contributed by atoms with Gasteiger partial charge in [-0.25, -0.2) is 0 Å². The van der Waals surface area contributed by atoms with Gasteiger partial charge in [0.15, 0.2) is 0 Å². The van der Waals surface area contributed by atoms with Crippen molar-refractivity contribution < 1.29 is 9.59 Å². The van der Waals surface area contributed by atoms with E-state index in [0.717, 1.165) is 24.0 Å². The van der Waals surface area contributed by atoms with Crippen molar-refractivity contribution in [1.82, 2.24) is 10.6 Å². The molecule has 2 aromatic carbocycles. The molecule has 2 aromatic rings. The van der Waals surface area contributed by atoms with Gasteiger partial charge in [-0.15, -0.1) is 0 Å². The fourth-order valence-electron chi connectivity index (χ4n) is 3.23. The normalized spacial score (nSPS) is 14.2. The minimum absolute atomic E-state index is 0.212. The van der Waals surface area contributed by atoms with Gasteiger partial charge in [0.05, 0.1) is 6.04 Å². The van der Waals surface area contributed by atoms with Crippen LogP contribution in [0.1, 0.15) is 48.1 Å². The Kier molecular flexibility index (Phi) is 5.94. The minimum atomic E-state index is -0.634. The van der Waals surface area contributed by atoms with E-state index in [-0.39, 0.29) is 12.6 Å². The summed E-state index contributed by atoms with van der Waals surface area (Å²) in [6, 6.07) is 13.3. The lowest BCUT2D eigenvalue weighted by Gasteiger charge is -2.20. The molecule has 4 nitrogen and oxygen atoms in total. The molecule has 1 aliphatic carbocycles. The van der Waals surface area contributed by atoms with Gasteiger partial charge < -0.3 is 10.6 Å². The molecule has 136 valence electrons. The third kappa shape index (κ3) is 4.64. The van der Waals surface area contributed by atoms with Gasteiger partial charge in [-0.05, 0) is 67.0 Å². The van der Waals surface area contributed by atoms with E-state index in [9.17, 15) is 9.59 Å². The predicted octanol–water partition coefficient (Wildman–Crippen LogP) is 3.71. The van der Waals surface area contributed by atoms with Crippen LogP contribution in [0.25, 0.3) is 0 Å². The third-order valence-corrected chi connectivity index (χ3v) is 5.04. The molecule has 0 aromatic heterocycles. The summed E-state index contributed by atoms with van der Waals surface area (Å²) < 4.78 is 0. The average molecular weight is 371 g/mol. The lowest BCUT2D eigenvalue weighted by Crippen LogP contribution is -2.40. The van der Waals surface area contributed by atoms with Crippen LogP contribution in [0.5, 0.6) is 0 Å². The van der Waals surface area contributed by atoms with E-state index in [1.807, 2.05) is 25.1 Å². The first-order chi connectivity index (χ1) is 12.5. The van der Waals surface area contributed by atoms with E-state index in [4.69, 9.17) is 11.6 Å². The van der Waals surface area contributed by atoms with Crippen LogP contribution in [0.2, 0.25) is 5.02 Å². The summed E-state index contributed by atoms with van der Waals surface area (Å²) in [6.45, 7) is 2.19. The van der Waals surface area contributed by atoms with Crippen molar-refractivity contribution in [3.63, 3.8) is 0 Å². The topological polar surface area (TPSA) is 58.2 Å². The molecular formula is C21H23ClN2O2. The van der Waals surface area contributed by atoms with E-state index in [1.54, 1.807) is 12.1 Å². The first-order valence-corrected chi connectivity index (χ1v) is 9.35. The number of halogens is 1. The summed E-state index contributed by atoms with van der Waals surface area (Å²) >= 11 is 5.83. The fraction of sp³-hybridized carbons (Fsp3) is 0.333. The lowest BCUT2D eigenvalue weighted by atomic mass is 9.89. The molecule has 26 heavy (non-hydrogen) atoms. The first-order valence-electron chi connectivity index (χ1n) is 8.98. The average Bonchev–Trinajstić information content (AvgIpc) is 2.66. The number of fused-ring (bicyclic) bond motifs is 1. The van der Waals surface area contributed by atoms with Crippen LogP contribution < -0.4 is 10.6 Å². The summed E-state index contributed by atoms with van der Waals surface area (Å²) in [5.74, 6) is -1.26. The Morgan fingerprint density at radius 3 is 2.42 bits per heavy atom. The fourth-order valence-corrected chi connectivity index (χ4v) is 3.36. The Morgan fingerprint density at radius 2 is 1.69 bits per heavy atom. The summed E-state index contributed by atoms with van der Waals surface area (Å²) in [5, 5.41) is 6.04. The molecule has 3 rings (SSSR count). The molecule has 0 spiro atoms. The van der Waals surface area contributed by atoms with Crippen LogP contribution in [0, 0.1) is 0 Å². The van der Waals surface area contributed by atoms with Gasteiger partial charge in [0.1, 0.15) is 0 Å². The summed E-state index contributed by atoms with van der Waals surface area (Å²) in [6.07, 6.45) is 4.67. The van der Waals surface area contributed by atoms with E-state index < -0.39 is 11.8 Å². The van der Waals surface area contributed by atoms with E-state index in [0.29, 0.717) is 5.02 Å². The Hall–Kier alpha value is -2.33. The molecule has 2 N–H and O–H groups in total. The quantitative estimate of drug-likeness (QED) is 0.806. The summed E-state index contributed by atoms with van der Waals surface area (Å²) in [4.78, 5) is 24.2. The molecule has 0 aliphatic heterocycles. The van der Waals surface area contributed by atoms with E-state index in [2.05, 4.69) is 22.8 Å². The number of carbonyl (C=O) groups is 2. The van der Waals surface area contributed by atoms with Crippen LogP contribution in [0.4, 0.5) is 0 Å². The highest BCUT2D eigenvalue weighted by molar-refractivity contribution is 6.35. The van der Waals surface area contributed by atoms with Crippen LogP contribution in [0.15, 0.2) is 42.5 Å². The van der Waals surface area contributed by atoms with Crippen LogP contribution in [0.3, 0.4) is 0 Å². The maximum atomic E-state index is 12.1. The van der Waals surface area contributed by atoms with Gasteiger partial charge in [0.25, 0.3) is 0 Å². The monoisotopic (exact) mass is 370 g/mol. The number of hydrogen-bond acceptors (Lipinski definition) is 2. The van der Waals surface area contributed by atoms with Gasteiger partial charge in [0.2, 0.25) is 0 Å². The van der Waals surface area contributed by atoms with E-state index in [1.165, 1.54) is 24.0 Å². The second-order valence-electron chi connectivity index (χ2n) is 6.74. The number of rotatable bonds is 4. The Balaban J connectivity index is 1.54. The second-order valence-corrected chi connectivity index (χ2v) is 7.18. The largest absolute Gasteiger partial charge is 0.344 e. The second kappa shape index (κ2) is 8.37. The van der Waals surface area contributed by atoms with Gasteiger partial charge in [-0.1, -0.05) is 41.9 Å². The highest BCUT2D eigenvalue weighted by Crippen LogP contribution is 2.24. The number of carbonyl (C=O) groups excluding carboxylic acids is 2. The molecule has 0 radical (unpaired) electrons. The number of amides is 2. The number of nitrogens with one attached hydrogen (secondary N) is 2. The van der Waals surface area contributed by atoms with Crippen molar-refractivity contribution in [2.24, 2.45) is 0 Å². The summed E-state index contributed by atoms with van der Waals surface area (Å²) in [5.41, 5.74) is 4.68. The van der Waals surface area contributed by atoms with Crippen molar-refractivity contribution in [1.29, 1.82) is 0 Å². The standard InChI is InChI=1S/C21H23ClN2O2/c1-14(17-9-8-16-4-2-3-5-18(16)12-17)24-21(26)20(25)23-13-15-6-10-19(22)11-7-15/h6-12,14H,2-5,13H2,1H3,(H,23,25)(H,24,26). The molecule has 0 bridgehead atoms. The number of aryl methyl sites for hydroxylation is 2. The Morgan fingerprint density at radius 1 is 1.00 bits per heavy atom. The zero-order valence-electron chi connectivity index (χ0n) is 14.8. The first kappa shape index (κ1) is 18.5. The molecule has 5 heteroatoms. The van der Waals surface area contributed by atoms with Crippen molar-refractivity contribution in [2.75, 3.05) is 0 Å². The van der Waals surface area contributed by atoms with E-state index >= 15 is 0 Å². The lowest BCUT2D eigenvalue weighted by molar-refractivity contribution is -0.139. The molecule has 0 fully saturated rings. The zero-order chi connectivity index (χ0) is 18.5. The molecular weight excluding hydrogens is 348 g/mol. The summed E-state index contributed by atoms with van der Waals surface area (Å²) in [7, 11) is 0. The molecule has 1 atom stereocenters. The van der Waals surface area contributed by atoms with Crippen LogP contribution in [-0.2, 0) is 29.0 Å². The van der Waals surface area contributed by atoms with Crippen molar-refractivity contribution in [3.8, 4) is 0 Å².